The summed E-state index contributed by atoms with van der Waals surface area (Å²) in [6, 6.07) is -1.03. The van der Waals surface area contributed by atoms with Crippen molar-refractivity contribution in [3.8, 4) is 0 Å². The van der Waals surface area contributed by atoms with E-state index >= 15 is 0 Å². The molecule has 3 aliphatic rings. The molecule has 1 unspecified atom stereocenters. The summed E-state index contributed by atoms with van der Waals surface area (Å²) in [6.45, 7) is 2.54. The zero-order valence-electron chi connectivity index (χ0n) is 21.1. The van der Waals surface area contributed by atoms with E-state index < -0.39 is 40.8 Å². The van der Waals surface area contributed by atoms with Crippen LogP contribution in [-0.2, 0) is 30.6 Å². The maximum absolute atomic E-state index is 13.3. The molecule has 1 saturated heterocycles. The Labute approximate surface area is 240 Å². The van der Waals surface area contributed by atoms with Gasteiger partial charge in [0.1, 0.15) is 22.8 Å². The van der Waals surface area contributed by atoms with Gasteiger partial charge in [-0.3, -0.25) is 14.5 Å². The number of β-lactam (4-membered cyclic amide) rings is 1. The number of fused-ring (bicyclic) bond motifs is 1. The average molecular weight is 606 g/mol. The van der Waals surface area contributed by atoms with E-state index in [0.717, 1.165) is 16.3 Å². The third-order valence-electron chi connectivity index (χ3n) is 6.83. The number of carboxylic acids is 2. The van der Waals surface area contributed by atoms with Gasteiger partial charge in [-0.05, 0) is 18.1 Å². The number of aromatic nitrogens is 2. The number of carbonyl (C=O) groups is 4. The SMILES string of the molecule is Cc1scc[n+]1C/C=C/C1=C(C(=O)O)N2C(=O)C(NC(=O)/C(=N\OC3(C(=O)O)CCC3)c3csc(N)n3)[C@H]2SC1. The zero-order valence-corrected chi connectivity index (χ0v) is 23.6. The Morgan fingerprint density at radius 3 is 2.70 bits per heavy atom. The van der Waals surface area contributed by atoms with Gasteiger partial charge in [-0.25, -0.2) is 14.6 Å². The molecule has 16 heteroatoms. The Kier molecular flexibility index (Phi) is 7.65. The Bertz CT molecular complexity index is 1470. The number of aliphatic carboxylic acids is 2. The van der Waals surface area contributed by atoms with Crippen molar-refractivity contribution in [3.05, 3.63) is 51.1 Å². The van der Waals surface area contributed by atoms with Gasteiger partial charge in [-0.2, -0.15) is 4.57 Å². The number of anilines is 1. The number of hydrogen-bond acceptors (Lipinski definition) is 11. The molecule has 1 saturated carbocycles. The van der Waals surface area contributed by atoms with Crippen LogP contribution in [0.3, 0.4) is 0 Å². The molecule has 5 rings (SSSR count). The quantitative estimate of drug-likeness (QED) is 0.132. The van der Waals surface area contributed by atoms with Crippen molar-refractivity contribution in [2.24, 2.45) is 5.16 Å². The molecule has 2 aromatic rings. The highest BCUT2D eigenvalue weighted by Gasteiger charge is 2.54. The van der Waals surface area contributed by atoms with E-state index in [2.05, 4.69) is 15.5 Å². The lowest BCUT2D eigenvalue weighted by Crippen LogP contribution is -2.71. The topological polar surface area (TPSA) is 188 Å². The first-order chi connectivity index (χ1) is 19.1. The third-order valence-corrected chi connectivity index (χ3v) is 9.64. The number of oxime groups is 1. The molecule has 40 heavy (non-hydrogen) atoms. The number of aryl methyl sites for hydroxylation is 1. The van der Waals surface area contributed by atoms with Crippen molar-refractivity contribution >= 4 is 69.0 Å². The van der Waals surface area contributed by atoms with Crippen LogP contribution in [0.1, 0.15) is 30.0 Å². The van der Waals surface area contributed by atoms with Crippen molar-refractivity contribution in [3.63, 3.8) is 0 Å². The van der Waals surface area contributed by atoms with Gasteiger partial charge in [0.25, 0.3) is 11.8 Å². The maximum atomic E-state index is 13.3. The van der Waals surface area contributed by atoms with Crippen LogP contribution in [0.4, 0.5) is 5.13 Å². The zero-order chi connectivity index (χ0) is 28.6. The van der Waals surface area contributed by atoms with E-state index in [1.54, 1.807) is 17.4 Å². The molecular weight excluding hydrogens is 581 g/mol. The van der Waals surface area contributed by atoms with Crippen molar-refractivity contribution in [2.45, 2.75) is 49.7 Å². The number of allylic oxidation sites excluding steroid dienone is 2. The molecule has 0 aromatic carbocycles. The Morgan fingerprint density at radius 2 is 2.12 bits per heavy atom. The fourth-order valence-electron chi connectivity index (χ4n) is 4.43. The molecule has 5 N–H and O–H groups in total. The maximum Gasteiger partial charge on any atom is 0.352 e. The van der Waals surface area contributed by atoms with Gasteiger partial charge in [0.15, 0.2) is 23.6 Å². The van der Waals surface area contributed by atoms with Gasteiger partial charge in [-0.1, -0.05) is 22.6 Å². The average Bonchev–Trinajstić information content (AvgIpc) is 3.50. The number of thioether (sulfide) groups is 1. The molecule has 0 spiro atoms. The Balaban J connectivity index is 1.33. The lowest BCUT2D eigenvalue weighted by atomic mass is 9.80. The number of nitrogen functional groups attached to an aromatic ring is 1. The third kappa shape index (κ3) is 5.09. The number of amides is 2. The number of carboxylic acid groups (broad SMARTS) is 2. The van der Waals surface area contributed by atoms with Crippen LogP contribution in [0.25, 0.3) is 0 Å². The van der Waals surface area contributed by atoms with Crippen LogP contribution in [0, 0.1) is 6.92 Å². The van der Waals surface area contributed by atoms with E-state index in [4.69, 9.17) is 10.6 Å². The second-order valence-electron chi connectivity index (χ2n) is 9.27. The summed E-state index contributed by atoms with van der Waals surface area (Å²) >= 11 is 3.98. The summed E-state index contributed by atoms with van der Waals surface area (Å²) in [6.07, 6.45) is 6.61. The van der Waals surface area contributed by atoms with Gasteiger partial charge < -0.3 is 26.1 Å². The molecule has 13 nitrogen and oxygen atoms in total. The molecule has 4 heterocycles. The lowest BCUT2D eigenvalue weighted by molar-refractivity contribution is -0.687. The van der Waals surface area contributed by atoms with E-state index in [1.807, 2.05) is 29.1 Å². The van der Waals surface area contributed by atoms with Gasteiger partial charge in [0, 0.05) is 30.9 Å². The predicted molar refractivity (Wildman–Crippen MR) is 146 cm³/mol. The minimum atomic E-state index is -1.53. The molecule has 0 radical (unpaired) electrons. The number of hydrogen-bond donors (Lipinski definition) is 4. The normalized spacial score (nSPS) is 22.0. The Morgan fingerprint density at radius 1 is 1.35 bits per heavy atom. The lowest BCUT2D eigenvalue weighted by Gasteiger charge is -2.49. The van der Waals surface area contributed by atoms with Crippen LogP contribution >= 0.6 is 34.4 Å². The molecule has 2 fully saturated rings. The van der Waals surface area contributed by atoms with Gasteiger partial charge in [-0.15, -0.1) is 23.1 Å². The minimum Gasteiger partial charge on any atom is -0.478 e. The molecule has 0 bridgehead atoms. The molecule has 2 aliphatic heterocycles. The number of nitrogens with two attached hydrogens (primary N) is 1. The highest BCUT2D eigenvalue weighted by atomic mass is 32.2. The molecule has 210 valence electrons. The van der Waals surface area contributed by atoms with Crippen LogP contribution in [0.5, 0.6) is 0 Å². The summed E-state index contributed by atoms with van der Waals surface area (Å²) < 4.78 is 2.02. The van der Waals surface area contributed by atoms with E-state index in [-0.39, 0.29) is 35.1 Å². The molecular formula is C24H25N6O7S3+. The fraction of sp³-hybridized carbons (Fsp3) is 0.375. The fourth-order valence-corrected chi connectivity index (χ4v) is 6.97. The predicted octanol–water partition coefficient (Wildman–Crippen LogP) is 1.11. The standard InChI is InChI=1S/C24H24N6O7S3/c1-12-29(8-9-38-12)7-2-4-13-10-39-20-16(19(32)30(20)17(13)21(33)34)27-18(31)15(14-11-40-23(25)26-14)28-37-24(22(35)36)5-3-6-24/h2,4,8-9,11,16,20H,3,5-7,10H2,1H3,(H4-,25,26,27,31,33,34,35,36)/p+1/b4-2+,28-15-/t16?,20-/m1/s1. The smallest absolute Gasteiger partial charge is 0.352 e. The molecule has 1 aliphatic carbocycles. The van der Waals surface area contributed by atoms with Gasteiger partial charge in [0.05, 0.1) is 5.38 Å². The molecule has 2 aromatic heterocycles. The monoisotopic (exact) mass is 605 g/mol. The number of nitrogens with one attached hydrogen (secondary N) is 1. The summed E-state index contributed by atoms with van der Waals surface area (Å²) in [5, 5.41) is 29.9. The molecule has 2 amide bonds. The highest BCUT2D eigenvalue weighted by molar-refractivity contribution is 8.00. The van der Waals surface area contributed by atoms with Gasteiger partial charge >= 0.3 is 11.9 Å². The molecule has 2 atom stereocenters. The van der Waals surface area contributed by atoms with Crippen molar-refractivity contribution in [1.29, 1.82) is 0 Å². The van der Waals surface area contributed by atoms with E-state index in [9.17, 15) is 29.4 Å². The summed E-state index contributed by atoms with van der Waals surface area (Å²) in [7, 11) is 0. The van der Waals surface area contributed by atoms with Crippen LogP contribution in [0.15, 0.2) is 45.5 Å². The van der Waals surface area contributed by atoms with E-state index in [1.165, 1.54) is 22.0 Å². The highest BCUT2D eigenvalue weighted by Crippen LogP contribution is 2.41. The van der Waals surface area contributed by atoms with Crippen molar-refractivity contribution in [2.75, 3.05) is 11.5 Å². The second-order valence-corrected chi connectivity index (χ2v) is 12.4. The first-order valence-electron chi connectivity index (χ1n) is 12.1. The number of carbonyl (C=O) groups excluding carboxylic acids is 2. The Hall–Kier alpha value is -3.76. The second kappa shape index (κ2) is 11.0. The summed E-state index contributed by atoms with van der Waals surface area (Å²) in [5.74, 6) is -3.52. The first kappa shape index (κ1) is 27.8. The largest absolute Gasteiger partial charge is 0.478 e. The number of thiazole rings is 2. The first-order valence-corrected chi connectivity index (χ1v) is 14.9. The number of rotatable bonds is 10. The van der Waals surface area contributed by atoms with Crippen molar-refractivity contribution < 1.29 is 38.8 Å². The van der Waals surface area contributed by atoms with Crippen LogP contribution < -0.4 is 15.6 Å². The van der Waals surface area contributed by atoms with Gasteiger partial charge in [0.2, 0.25) is 10.6 Å². The number of nitrogens with zero attached hydrogens (tertiary/aromatic N) is 4. The van der Waals surface area contributed by atoms with Crippen LogP contribution in [-0.4, -0.2) is 72.3 Å². The van der Waals surface area contributed by atoms with E-state index in [0.29, 0.717) is 24.3 Å². The summed E-state index contributed by atoms with van der Waals surface area (Å²) in [5.41, 5.74) is 4.29. The summed E-state index contributed by atoms with van der Waals surface area (Å²) in [4.78, 5) is 60.8. The van der Waals surface area contributed by atoms with Crippen LogP contribution in [0.2, 0.25) is 0 Å². The van der Waals surface area contributed by atoms with Crippen molar-refractivity contribution in [1.82, 2.24) is 15.2 Å². The minimum absolute atomic E-state index is 0.0667.